The van der Waals surface area contributed by atoms with Crippen molar-refractivity contribution in [2.75, 3.05) is 26.7 Å². The predicted octanol–water partition coefficient (Wildman–Crippen LogP) is 5.59. The fraction of sp³-hybridized carbons (Fsp3) is 0.487. The first-order valence-corrected chi connectivity index (χ1v) is 17.8. The molecule has 1 saturated carbocycles. The van der Waals surface area contributed by atoms with Crippen LogP contribution in [0.1, 0.15) is 64.2 Å². The van der Waals surface area contributed by atoms with E-state index >= 15 is 0 Å². The number of ether oxygens (including phenoxy) is 2. The third kappa shape index (κ3) is 6.88. The van der Waals surface area contributed by atoms with Gasteiger partial charge in [0.15, 0.2) is 0 Å². The largest absolute Gasteiger partial charge is 0.497 e. The van der Waals surface area contributed by atoms with Crippen molar-refractivity contribution >= 4 is 28.7 Å². The minimum absolute atomic E-state index is 0.0628. The lowest BCUT2D eigenvalue weighted by Gasteiger charge is -2.37. The normalized spacial score (nSPS) is 28.1. The van der Waals surface area contributed by atoms with Crippen LogP contribution in [0.5, 0.6) is 11.5 Å². The number of amides is 2. The summed E-state index contributed by atoms with van der Waals surface area (Å²) in [4.78, 5) is 50.2. The minimum atomic E-state index is -1.35. The van der Waals surface area contributed by atoms with E-state index in [4.69, 9.17) is 14.5 Å². The molecule has 0 spiro atoms. The van der Waals surface area contributed by atoms with Crippen LogP contribution in [0.3, 0.4) is 0 Å². The van der Waals surface area contributed by atoms with Crippen LogP contribution in [0.25, 0.3) is 22.2 Å². The van der Waals surface area contributed by atoms with Gasteiger partial charge in [0.2, 0.25) is 11.8 Å². The van der Waals surface area contributed by atoms with Crippen molar-refractivity contribution in [1.82, 2.24) is 20.1 Å². The lowest BCUT2D eigenvalue weighted by Crippen LogP contribution is -2.56. The highest BCUT2D eigenvalue weighted by Gasteiger charge is 2.61. The number of carboxylic acids is 1. The molecule has 2 saturated heterocycles. The second-order valence-electron chi connectivity index (χ2n) is 14.0. The monoisotopic (exact) mass is 666 g/mol. The lowest BCUT2D eigenvalue weighted by molar-refractivity contribution is -0.146. The van der Waals surface area contributed by atoms with Crippen molar-refractivity contribution < 1.29 is 29.0 Å². The van der Waals surface area contributed by atoms with Gasteiger partial charge in [0, 0.05) is 35.4 Å². The molecule has 10 heteroatoms. The molecule has 4 aliphatic rings. The van der Waals surface area contributed by atoms with Gasteiger partial charge in [-0.2, -0.15) is 0 Å². The minimum Gasteiger partial charge on any atom is -0.497 e. The molecule has 0 radical (unpaired) electrons. The van der Waals surface area contributed by atoms with Gasteiger partial charge in [-0.05, 0) is 63.7 Å². The number of carbonyl (C=O) groups excluding carboxylic acids is 2. The Labute approximate surface area is 287 Å². The second-order valence-corrected chi connectivity index (χ2v) is 14.0. The maximum Gasteiger partial charge on any atom is 0.330 e. The number of hydrogen-bond acceptors (Lipinski definition) is 7. The molecule has 2 N–H and O–H groups in total. The maximum absolute atomic E-state index is 14.6. The Hall–Kier alpha value is -4.44. The standard InChI is InChI=1S/C39H46N4O6/c1-48-28-17-18-30-32(21-28)40-31(26-13-7-5-8-14-26)23-35(30)49-29-22-34-36(44)41-39(38(46)47)24-27(39)15-9-3-2-4-10-16-33(37(45)43(34)25-29)42-19-11-6-12-20-42/h5,7-9,13-15,17-18,21,23,27,29,33-34H,2-4,6,10-12,16,19-20,22,24-25H2,1H3,(H,41,44)(H,46,47)/t27?,29-,33+,34+,39?/m1/s1. The lowest BCUT2D eigenvalue weighted by atomic mass is 10.0. The van der Waals surface area contributed by atoms with Gasteiger partial charge >= 0.3 is 5.97 Å². The van der Waals surface area contributed by atoms with Crippen molar-refractivity contribution in [3.05, 3.63) is 66.7 Å². The summed E-state index contributed by atoms with van der Waals surface area (Å²) >= 11 is 0. The van der Waals surface area contributed by atoms with Crippen molar-refractivity contribution in [2.24, 2.45) is 5.92 Å². The molecule has 2 amide bonds. The molecule has 3 aromatic rings. The van der Waals surface area contributed by atoms with Gasteiger partial charge in [0.05, 0.1) is 30.9 Å². The molecule has 1 aromatic heterocycles. The third-order valence-corrected chi connectivity index (χ3v) is 10.8. The SMILES string of the molecule is COc1ccc2c(O[C@@H]3C[C@H]4C(=O)NC5(C(=O)O)CC5C=CCCCCC[C@H](N5CCCCC5)C(=O)N4C3)cc(-c3ccccc3)nc2c1. The number of carboxylic acid groups (broad SMARTS) is 1. The second kappa shape index (κ2) is 14.2. The number of hydrogen-bond donors (Lipinski definition) is 2. The van der Waals surface area contributed by atoms with Gasteiger partial charge in [-0.1, -0.05) is 61.7 Å². The highest BCUT2D eigenvalue weighted by atomic mass is 16.5. The number of methoxy groups -OCH3 is 1. The number of carbonyl (C=O) groups is 3. The van der Waals surface area contributed by atoms with Crippen LogP contribution < -0.4 is 14.8 Å². The number of likely N-dealkylation sites (tertiary alicyclic amines) is 1. The van der Waals surface area contributed by atoms with E-state index in [1.54, 1.807) is 12.0 Å². The van der Waals surface area contributed by atoms with Crippen LogP contribution in [0, 0.1) is 5.92 Å². The van der Waals surface area contributed by atoms with E-state index < -0.39 is 29.6 Å². The third-order valence-electron chi connectivity index (χ3n) is 10.8. The first kappa shape index (κ1) is 33.1. The maximum atomic E-state index is 14.6. The van der Waals surface area contributed by atoms with Crippen molar-refractivity contribution in [3.8, 4) is 22.8 Å². The molecular formula is C39H46N4O6. The molecule has 258 valence electrons. The van der Waals surface area contributed by atoms with E-state index in [-0.39, 0.29) is 30.8 Å². The summed E-state index contributed by atoms with van der Waals surface area (Å²) < 4.78 is 12.2. The fourth-order valence-electron chi connectivity index (χ4n) is 7.90. The number of aliphatic carboxylic acids is 1. The highest BCUT2D eigenvalue weighted by Crippen LogP contribution is 2.45. The Morgan fingerprint density at radius 1 is 0.980 bits per heavy atom. The van der Waals surface area contributed by atoms with E-state index in [1.165, 1.54) is 0 Å². The van der Waals surface area contributed by atoms with Crippen LogP contribution >= 0.6 is 0 Å². The Morgan fingerprint density at radius 3 is 2.55 bits per heavy atom. The zero-order valence-corrected chi connectivity index (χ0v) is 28.2. The van der Waals surface area contributed by atoms with Crippen molar-refractivity contribution in [1.29, 1.82) is 0 Å². The van der Waals surface area contributed by atoms with E-state index in [2.05, 4.69) is 16.3 Å². The quantitative estimate of drug-likeness (QED) is 0.327. The van der Waals surface area contributed by atoms with Gasteiger partial charge in [0.25, 0.3) is 0 Å². The average Bonchev–Trinajstić information content (AvgIpc) is 3.66. The van der Waals surface area contributed by atoms with Crippen molar-refractivity contribution in [2.45, 2.75) is 87.9 Å². The number of aromatic nitrogens is 1. The molecule has 49 heavy (non-hydrogen) atoms. The molecular weight excluding hydrogens is 620 g/mol. The molecule has 2 aromatic carbocycles. The van der Waals surface area contributed by atoms with Gasteiger partial charge in [-0.25, -0.2) is 9.78 Å². The van der Waals surface area contributed by atoms with Crippen LogP contribution in [0.15, 0.2) is 66.7 Å². The molecule has 0 bridgehead atoms. The Morgan fingerprint density at radius 2 is 1.78 bits per heavy atom. The van der Waals surface area contributed by atoms with E-state index in [1.807, 2.05) is 60.7 Å². The predicted molar refractivity (Wildman–Crippen MR) is 186 cm³/mol. The summed E-state index contributed by atoms with van der Waals surface area (Å²) in [5, 5.41) is 13.9. The number of nitrogens with one attached hydrogen (secondary N) is 1. The Kier molecular flexibility index (Phi) is 9.58. The van der Waals surface area contributed by atoms with Crippen LogP contribution in [-0.2, 0) is 14.4 Å². The topological polar surface area (TPSA) is 121 Å². The zero-order chi connectivity index (χ0) is 34.0. The number of allylic oxidation sites excluding steroid dienone is 1. The first-order valence-electron chi connectivity index (χ1n) is 17.8. The number of fused-ring (bicyclic) bond motifs is 3. The molecule has 1 aliphatic carbocycles. The summed E-state index contributed by atoms with van der Waals surface area (Å²) in [5.41, 5.74) is 1.03. The van der Waals surface area contributed by atoms with Crippen molar-refractivity contribution in [3.63, 3.8) is 0 Å². The van der Waals surface area contributed by atoms with E-state index in [9.17, 15) is 19.5 Å². The van der Waals surface area contributed by atoms with Crippen LogP contribution in [-0.4, -0.2) is 88.1 Å². The summed E-state index contributed by atoms with van der Waals surface area (Å²) in [5.74, 6) is -0.522. The summed E-state index contributed by atoms with van der Waals surface area (Å²) in [6.07, 6.45) is 11.8. The smallest absolute Gasteiger partial charge is 0.330 e. The molecule has 7 rings (SSSR count). The fourth-order valence-corrected chi connectivity index (χ4v) is 7.90. The molecule has 4 heterocycles. The number of benzene rings is 2. The molecule has 10 nitrogen and oxygen atoms in total. The van der Waals surface area contributed by atoms with Gasteiger partial charge in [-0.15, -0.1) is 0 Å². The first-order chi connectivity index (χ1) is 23.9. The van der Waals surface area contributed by atoms with E-state index in [0.717, 1.165) is 81.1 Å². The average molecular weight is 667 g/mol. The number of rotatable bonds is 6. The Bertz CT molecular complexity index is 1720. The number of pyridine rings is 1. The molecule has 2 unspecified atom stereocenters. The molecule has 3 aliphatic heterocycles. The number of nitrogens with zero attached hydrogens (tertiary/aromatic N) is 3. The summed E-state index contributed by atoms with van der Waals surface area (Å²) in [6.45, 7) is 1.95. The number of piperidine rings is 1. The Balaban J connectivity index is 1.23. The summed E-state index contributed by atoms with van der Waals surface area (Å²) in [6, 6.07) is 16.3. The molecule has 5 atom stereocenters. The van der Waals surface area contributed by atoms with Crippen LogP contribution in [0.4, 0.5) is 0 Å². The van der Waals surface area contributed by atoms with Gasteiger partial charge < -0.3 is 24.8 Å². The van der Waals surface area contributed by atoms with Gasteiger partial charge in [-0.3, -0.25) is 14.5 Å². The highest BCUT2D eigenvalue weighted by molar-refractivity contribution is 5.96. The van der Waals surface area contributed by atoms with E-state index in [0.29, 0.717) is 23.4 Å². The zero-order valence-electron chi connectivity index (χ0n) is 28.2. The summed E-state index contributed by atoms with van der Waals surface area (Å²) in [7, 11) is 1.62. The van der Waals surface area contributed by atoms with Gasteiger partial charge in [0.1, 0.15) is 29.2 Å². The van der Waals surface area contributed by atoms with Crippen LogP contribution in [0.2, 0.25) is 0 Å². The molecule has 3 fully saturated rings.